The van der Waals surface area contributed by atoms with Crippen LogP contribution in [0.5, 0.6) is 11.5 Å². The van der Waals surface area contributed by atoms with Crippen molar-refractivity contribution in [1.82, 2.24) is 0 Å². The number of halogens is 1. The van der Waals surface area contributed by atoms with Gasteiger partial charge >= 0.3 is 0 Å². The summed E-state index contributed by atoms with van der Waals surface area (Å²) in [7, 11) is 4.93. The van der Waals surface area contributed by atoms with E-state index in [0.717, 1.165) is 22.6 Å². The summed E-state index contributed by atoms with van der Waals surface area (Å²) in [5.74, 6) is 1.25. The number of anilines is 1. The Morgan fingerprint density at radius 3 is 1.85 bits per heavy atom. The minimum atomic E-state index is -0.181. The molecule has 5 heteroatoms. The molecule has 0 unspecified atom stereocenters. The first-order valence-electron chi connectivity index (χ1n) is 8.39. The predicted molar refractivity (Wildman–Crippen MR) is 109 cm³/mol. The van der Waals surface area contributed by atoms with E-state index in [4.69, 9.17) is 21.1 Å². The highest BCUT2D eigenvalue weighted by Crippen LogP contribution is 2.27. The van der Waals surface area contributed by atoms with Gasteiger partial charge in [-0.25, -0.2) is 0 Å². The Bertz CT molecular complexity index is 937. The highest BCUT2D eigenvalue weighted by Gasteiger charge is 2.17. The Kier molecular flexibility index (Phi) is 5.67. The number of rotatable bonds is 5. The number of methoxy groups -OCH3 is 2. The van der Waals surface area contributed by atoms with E-state index in [9.17, 15) is 4.79 Å². The lowest BCUT2D eigenvalue weighted by Crippen LogP contribution is -2.26. The van der Waals surface area contributed by atoms with Gasteiger partial charge in [0.25, 0.3) is 5.91 Å². The van der Waals surface area contributed by atoms with Crippen molar-refractivity contribution in [2.45, 2.75) is 0 Å². The maximum absolute atomic E-state index is 12.8. The van der Waals surface area contributed by atoms with E-state index < -0.39 is 0 Å². The van der Waals surface area contributed by atoms with Crippen LogP contribution in [-0.4, -0.2) is 27.2 Å². The number of carbonyl (C=O) groups excluding carboxylic acids is 1. The molecular weight excluding hydrogens is 362 g/mol. The largest absolute Gasteiger partial charge is 0.497 e. The van der Waals surface area contributed by atoms with Crippen LogP contribution in [0, 0.1) is 0 Å². The monoisotopic (exact) mass is 381 g/mol. The molecule has 1 amide bonds. The van der Waals surface area contributed by atoms with Crippen molar-refractivity contribution in [2.24, 2.45) is 0 Å². The molecule has 0 saturated heterocycles. The number of amides is 1. The number of hydrogen-bond donors (Lipinski definition) is 0. The van der Waals surface area contributed by atoms with Crippen molar-refractivity contribution < 1.29 is 14.3 Å². The molecular formula is C22H20ClNO3. The maximum atomic E-state index is 12.8. The summed E-state index contributed by atoms with van der Waals surface area (Å²) in [4.78, 5) is 14.4. The van der Waals surface area contributed by atoms with E-state index >= 15 is 0 Å². The standard InChI is InChI=1S/C22H20ClNO3/c1-24(22(25)20-13-12-19(27-3)14-21(20)23)17-8-4-15(5-9-17)16-6-10-18(26-2)11-7-16/h4-14H,1-3H3. The van der Waals surface area contributed by atoms with Crippen molar-refractivity contribution in [2.75, 3.05) is 26.2 Å². The molecule has 138 valence electrons. The van der Waals surface area contributed by atoms with Crippen LogP contribution in [-0.2, 0) is 0 Å². The van der Waals surface area contributed by atoms with Crippen molar-refractivity contribution >= 4 is 23.2 Å². The summed E-state index contributed by atoms with van der Waals surface area (Å²) >= 11 is 6.23. The van der Waals surface area contributed by atoms with Crippen LogP contribution in [0.1, 0.15) is 10.4 Å². The molecule has 0 aliphatic rings. The van der Waals surface area contributed by atoms with Crippen LogP contribution in [0.15, 0.2) is 66.7 Å². The fourth-order valence-electron chi connectivity index (χ4n) is 2.76. The van der Waals surface area contributed by atoms with E-state index in [0.29, 0.717) is 16.3 Å². The summed E-state index contributed by atoms with van der Waals surface area (Å²) in [6, 6.07) is 20.7. The Labute approximate surface area is 163 Å². The molecule has 0 fully saturated rings. The molecule has 0 aromatic heterocycles. The number of nitrogens with zero attached hydrogens (tertiary/aromatic N) is 1. The van der Waals surface area contributed by atoms with Crippen LogP contribution >= 0.6 is 11.6 Å². The molecule has 0 aliphatic carbocycles. The summed E-state index contributed by atoms with van der Waals surface area (Å²) in [6.07, 6.45) is 0. The highest BCUT2D eigenvalue weighted by atomic mass is 35.5. The smallest absolute Gasteiger partial charge is 0.259 e. The fourth-order valence-corrected chi connectivity index (χ4v) is 3.01. The number of benzene rings is 3. The van der Waals surface area contributed by atoms with Crippen LogP contribution < -0.4 is 14.4 Å². The minimum absolute atomic E-state index is 0.181. The van der Waals surface area contributed by atoms with Gasteiger partial charge < -0.3 is 14.4 Å². The third-order valence-corrected chi connectivity index (χ3v) is 4.70. The topological polar surface area (TPSA) is 38.8 Å². The van der Waals surface area contributed by atoms with Gasteiger partial charge in [0.1, 0.15) is 11.5 Å². The van der Waals surface area contributed by atoms with Gasteiger partial charge in [0.2, 0.25) is 0 Å². The number of carbonyl (C=O) groups is 1. The third kappa shape index (κ3) is 4.07. The van der Waals surface area contributed by atoms with Gasteiger partial charge in [-0.05, 0) is 53.6 Å². The zero-order valence-corrected chi connectivity index (χ0v) is 16.2. The minimum Gasteiger partial charge on any atom is -0.497 e. The molecule has 0 bridgehead atoms. The molecule has 0 atom stereocenters. The van der Waals surface area contributed by atoms with Crippen LogP contribution in [0.3, 0.4) is 0 Å². The Morgan fingerprint density at radius 2 is 1.33 bits per heavy atom. The molecule has 3 rings (SSSR count). The van der Waals surface area contributed by atoms with Gasteiger partial charge in [0.15, 0.2) is 0 Å². The summed E-state index contributed by atoms with van der Waals surface area (Å²) in [5.41, 5.74) is 3.35. The first kappa shape index (κ1) is 18.8. The molecule has 3 aromatic rings. The molecule has 0 aliphatic heterocycles. The van der Waals surface area contributed by atoms with Crippen LogP contribution in [0.4, 0.5) is 5.69 Å². The lowest BCUT2D eigenvalue weighted by Gasteiger charge is -2.19. The van der Waals surface area contributed by atoms with Gasteiger partial charge in [-0.1, -0.05) is 35.9 Å². The molecule has 0 N–H and O–H groups in total. The van der Waals surface area contributed by atoms with Crippen molar-refractivity contribution in [1.29, 1.82) is 0 Å². The lowest BCUT2D eigenvalue weighted by atomic mass is 10.0. The molecule has 27 heavy (non-hydrogen) atoms. The van der Waals surface area contributed by atoms with Gasteiger partial charge in [-0.15, -0.1) is 0 Å². The van der Waals surface area contributed by atoms with Gasteiger partial charge in [-0.3, -0.25) is 4.79 Å². The first-order chi connectivity index (χ1) is 13.0. The summed E-state index contributed by atoms with van der Waals surface area (Å²) < 4.78 is 10.3. The van der Waals surface area contributed by atoms with Gasteiger partial charge in [0.05, 0.1) is 24.8 Å². The molecule has 4 nitrogen and oxygen atoms in total. The average molecular weight is 382 g/mol. The summed E-state index contributed by atoms with van der Waals surface area (Å²) in [5, 5.41) is 0.362. The molecule has 0 radical (unpaired) electrons. The SMILES string of the molecule is COc1ccc(-c2ccc(N(C)C(=O)c3ccc(OC)cc3Cl)cc2)cc1. The molecule has 0 spiro atoms. The fraction of sp³-hybridized carbons (Fsp3) is 0.136. The van der Waals surface area contributed by atoms with E-state index in [-0.39, 0.29) is 5.91 Å². The third-order valence-electron chi connectivity index (χ3n) is 4.39. The van der Waals surface area contributed by atoms with E-state index in [1.165, 1.54) is 0 Å². The second kappa shape index (κ2) is 8.14. The van der Waals surface area contributed by atoms with Gasteiger partial charge in [-0.2, -0.15) is 0 Å². The average Bonchev–Trinajstić information content (AvgIpc) is 2.72. The van der Waals surface area contributed by atoms with Crippen molar-refractivity contribution in [3.05, 3.63) is 77.3 Å². The second-order valence-corrected chi connectivity index (χ2v) is 6.39. The number of hydrogen-bond acceptors (Lipinski definition) is 3. The zero-order valence-electron chi connectivity index (χ0n) is 15.4. The van der Waals surface area contributed by atoms with Gasteiger partial charge in [0, 0.05) is 12.7 Å². The summed E-state index contributed by atoms with van der Waals surface area (Å²) in [6.45, 7) is 0. The predicted octanol–water partition coefficient (Wildman–Crippen LogP) is 5.30. The second-order valence-electron chi connectivity index (χ2n) is 5.99. The normalized spacial score (nSPS) is 10.4. The number of ether oxygens (including phenoxy) is 2. The highest BCUT2D eigenvalue weighted by molar-refractivity contribution is 6.34. The van der Waals surface area contributed by atoms with E-state index in [1.54, 1.807) is 44.4 Å². The maximum Gasteiger partial charge on any atom is 0.259 e. The zero-order chi connectivity index (χ0) is 19.4. The van der Waals surface area contributed by atoms with Crippen LogP contribution in [0.2, 0.25) is 5.02 Å². The van der Waals surface area contributed by atoms with E-state index in [1.807, 2.05) is 48.5 Å². The van der Waals surface area contributed by atoms with Crippen LogP contribution in [0.25, 0.3) is 11.1 Å². The quantitative estimate of drug-likeness (QED) is 0.601. The van der Waals surface area contributed by atoms with Crippen molar-refractivity contribution in [3.63, 3.8) is 0 Å². The first-order valence-corrected chi connectivity index (χ1v) is 8.77. The molecule has 0 heterocycles. The van der Waals surface area contributed by atoms with E-state index in [2.05, 4.69) is 0 Å². The molecule has 3 aromatic carbocycles. The lowest BCUT2D eigenvalue weighted by molar-refractivity contribution is 0.0993. The molecule has 0 saturated carbocycles. The Hall–Kier alpha value is -2.98. The Balaban J connectivity index is 1.80. The Morgan fingerprint density at radius 1 is 0.815 bits per heavy atom. The van der Waals surface area contributed by atoms with Crippen molar-refractivity contribution in [3.8, 4) is 22.6 Å².